The Balaban J connectivity index is 1.08. The largest absolute Gasteiger partial charge is 0.310 e. The minimum absolute atomic E-state index is 0.478. The highest BCUT2D eigenvalue weighted by Crippen LogP contribution is 2.47. The quantitative estimate of drug-likeness (QED) is 0.169. The van der Waals surface area contributed by atoms with E-state index in [-0.39, 0.29) is 0 Å². The molecule has 0 unspecified atom stereocenters. The standard InChI is InChI=1S/C54H34N4/c1-5-15-35(16-6-1)55(36-17-7-2-8-18-36)39-27-29-41-43-23-13-25-45-47-34-52-48(33-51(47)57(53(43)45)49(41)31-39)46-26-14-24-44-42-30-28-40(32-50(42)58(52)54(44)46)56(37-19-9-3-10-20-37)38-21-11-4-12-22-38/h1-34H/i5D,9D. The van der Waals surface area contributed by atoms with Gasteiger partial charge in [-0.15, -0.1) is 0 Å². The molecule has 9 aromatic carbocycles. The maximum atomic E-state index is 8.46. The predicted molar refractivity (Wildman–Crippen MR) is 245 cm³/mol. The molecule has 0 aliphatic rings. The van der Waals surface area contributed by atoms with Crippen LogP contribution in [0.5, 0.6) is 0 Å². The van der Waals surface area contributed by atoms with E-state index in [4.69, 9.17) is 2.74 Å². The van der Waals surface area contributed by atoms with Crippen LogP contribution in [0.2, 0.25) is 0 Å². The number of fused-ring (bicyclic) bond motifs is 12. The molecule has 4 heteroatoms. The Labute approximate surface area is 336 Å². The van der Waals surface area contributed by atoms with Crippen molar-refractivity contribution < 1.29 is 2.74 Å². The Morgan fingerprint density at radius 2 is 0.638 bits per heavy atom. The summed E-state index contributed by atoms with van der Waals surface area (Å²) < 4.78 is 21.9. The Morgan fingerprint density at radius 3 is 1.05 bits per heavy atom. The summed E-state index contributed by atoms with van der Waals surface area (Å²) in [7, 11) is 0. The van der Waals surface area contributed by atoms with Crippen molar-refractivity contribution in [3.63, 3.8) is 0 Å². The van der Waals surface area contributed by atoms with E-state index in [0.717, 1.165) is 45.2 Å². The fourth-order valence-electron chi connectivity index (χ4n) is 9.80. The molecule has 4 nitrogen and oxygen atoms in total. The molecule has 13 aromatic rings. The number of benzene rings is 9. The van der Waals surface area contributed by atoms with Gasteiger partial charge in [0.15, 0.2) is 0 Å². The molecule has 0 saturated carbocycles. The highest BCUT2D eigenvalue weighted by molar-refractivity contribution is 6.29. The molecule has 58 heavy (non-hydrogen) atoms. The SMILES string of the molecule is [2H]c1cccc(N(c2ccccc2)c2ccc3c4cccc5c6cc7c(cc6n(c3c2)c45)c2cccc3c4ccc(N(c5ccccc5)c5cccc([2H])c5)cc4n7c32)c1. The van der Waals surface area contributed by atoms with Crippen LogP contribution in [-0.4, -0.2) is 8.80 Å². The van der Waals surface area contributed by atoms with Crippen LogP contribution in [-0.2, 0) is 0 Å². The molecule has 4 heterocycles. The van der Waals surface area contributed by atoms with Crippen LogP contribution in [0.4, 0.5) is 34.1 Å². The van der Waals surface area contributed by atoms with Crippen molar-refractivity contribution in [2.75, 3.05) is 9.80 Å². The molecule has 0 amide bonds. The van der Waals surface area contributed by atoms with Gasteiger partial charge in [-0.25, -0.2) is 0 Å². The van der Waals surface area contributed by atoms with Gasteiger partial charge in [0.05, 0.1) is 35.8 Å². The molecule has 0 spiro atoms. The molecular weight excluding hydrogens is 705 g/mol. The van der Waals surface area contributed by atoms with E-state index in [1.54, 1.807) is 0 Å². The number of para-hydroxylation sites is 6. The molecule has 270 valence electrons. The molecule has 0 bridgehead atoms. The molecule has 0 aliphatic carbocycles. The van der Waals surface area contributed by atoms with Crippen LogP contribution in [0.25, 0.3) is 76.2 Å². The van der Waals surface area contributed by atoms with Crippen LogP contribution in [0.3, 0.4) is 0 Å². The lowest BCUT2D eigenvalue weighted by Gasteiger charge is -2.25. The summed E-state index contributed by atoms with van der Waals surface area (Å²) in [5.74, 6) is 0. The van der Waals surface area contributed by atoms with Crippen molar-refractivity contribution >= 4 is 110 Å². The van der Waals surface area contributed by atoms with Crippen LogP contribution < -0.4 is 9.80 Å². The molecule has 0 aliphatic heterocycles. The van der Waals surface area contributed by atoms with Crippen LogP contribution in [0.1, 0.15) is 2.74 Å². The predicted octanol–water partition coefficient (Wildman–Crippen LogP) is 14.9. The number of aromatic nitrogens is 2. The average molecular weight is 741 g/mol. The van der Waals surface area contributed by atoms with Crippen molar-refractivity contribution in [3.8, 4) is 0 Å². The van der Waals surface area contributed by atoms with E-state index >= 15 is 0 Å². The second kappa shape index (κ2) is 11.8. The lowest BCUT2D eigenvalue weighted by molar-refractivity contribution is 1.28. The van der Waals surface area contributed by atoms with Crippen molar-refractivity contribution in [3.05, 3.63) is 206 Å². The summed E-state index contributed by atoms with van der Waals surface area (Å²) in [5, 5.41) is 9.83. The molecule has 0 atom stereocenters. The number of nitrogens with zero attached hydrogens (tertiary/aromatic N) is 4. The average Bonchev–Trinajstić information content (AvgIpc) is 4.00. The molecule has 13 rings (SSSR count). The van der Waals surface area contributed by atoms with E-state index in [1.807, 2.05) is 48.5 Å². The first-order valence-corrected chi connectivity index (χ1v) is 19.8. The molecule has 0 radical (unpaired) electrons. The van der Waals surface area contributed by atoms with Crippen molar-refractivity contribution in [1.29, 1.82) is 0 Å². The van der Waals surface area contributed by atoms with E-state index in [2.05, 4.69) is 164 Å². The van der Waals surface area contributed by atoms with E-state index in [1.165, 1.54) is 65.2 Å². The topological polar surface area (TPSA) is 15.3 Å². The van der Waals surface area contributed by atoms with Crippen LogP contribution in [0.15, 0.2) is 206 Å². The Kier molecular flexibility index (Phi) is 6.02. The summed E-state index contributed by atoms with van der Waals surface area (Å²) in [6.45, 7) is 0. The third kappa shape index (κ3) is 4.29. The lowest BCUT2D eigenvalue weighted by atomic mass is 10.0. The van der Waals surface area contributed by atoms with Gasteiger partial charge in [-0.1, -0.05) is 121 Å². The first-order chi connectivity index (χ1) is 29.6. The van der Waals surface area contributed by atoms with E-state index in [9.17, 15) is 0 Å². The van der Waals surface area contributed by atoms with Gasteiger partial charge in [0.1, 0.15) is 0 Å². The van der Waals surface area contributed by atoms with Gasteiger partial charge in [0, 0.05) is 77.2 Å². The van der Waals surface area contributed by atoms with E-state index < -0.39 is 0 Å². The minimum atomic E-state index is 0.478. The molecule has 4 aromatic heterocycles. The smallest absolute Gasteiger partial charge is 0.0623 e. The maximum Gasteiger partial charge on any atom is 0.0623 e. The van der Waals surface area contributed by atoms with Crippen molar-refractivity contribution in [2.24, 2.45) is 0 Å². The summed E-state index contributed by atoms with van der Waals surface area (Å²) in [5.41, 5.74) is 13.2. The summed E-state index contributed by atoms with van der Waals surface area (Å²) in [6.07, 6.45) is 0. The van der Waals surface area contributed by atoms with Crippen molar-refractivity contribution in [1.82, 2.24) is 8.80 Å². The first-order valence-electron chi connectivity index (χ1n) is 20.8. The lowest BCUT2D eigenvalue weighted by Crippen LogP contribution is -2.09. The minimum Gasteiger partial charge on any atom is -0.310 e. The maximum absolute atomic E-state index is 8.46. The molecule has 0 saturated heterocycles. The monoisotopic (exact) mass is 740 g/mol. The van der Waals surface area contributed by atoms with Crippen molar-refractivity contribution in [2.45, 2.75) is 0 Å². The molecule has 0 N–H and O–H groups in total. The van der Waals surface area contributed by atoms with Crippen LogP contribution in [0, 0.1) is 0 Å². The molecule has 0 fully saturated rings. The Hall–Kier alpha value is -7.82. The summed E-state index contributed by atoms with van der Waals surface area (Å²) >= 11 is 0. The Bertz CT molecular complexity index is 3560. The normalized spacial score (nSPS) is 12.6. The summed E-state index contributed by atoms with van der Waals surface area (Å²) in [6, 6.07) is 69.3. The van der Waals surface area contributed by atoms with Gasteiger partial charge in [-0.2, -0.15) is 0 Å². The highest BCUT2D eigenvalue weighted by Gasteiger charge is 2.24. The third-order valence-corrected chi connectivity index (χ3v) is 12.2. The number of anilines is 6. The van der Waals surface area contributed by atoms with Gasteiger partial charge >= 0.3 is 0 Å². The zero-order chi connectivity index (χ0) is 39.6. The third-order valence-electron chi connectivity index (χ3n) is 12.2. The second-order valence-corrected chi connectivity index (χ2v) is 15.2. The first kappa shape index (κ1) is 29.5. The summed E-state index contributed by atoms with van der Waals surface area (Å²) in [4.78, 5) is 4.50. The van der Waals surface area contributed by atoms with Gasteiger partial charge < -0.3 is 18.6 Å². The second-order valence-electron chi connectivity index (χ2n) is 15.2. The van der Waals surface area contributed by atoms with Gasteiger partial charge in [0.25, 0.3) is 0 Å². The fraction of sp³-hybridized carbons (Fsp3) is 0. The zero-order valence-electron chi connectivity index (χ0n) is 33.3. The van der Waals surface area contributed by atoms with E-state index in [0.29, 0.717) is 12.1 Å². The number of hydrogen-bond acceptors (Lipinski definition) is 2. The van der Waals surface area contributed by atoms with Gasteiger partial charge in [-0.05, 0) is 84.9 Å². The van der Waals surface area contributed by atoms with Gasteiger partial charge in [-0.3, -0.25) is 0 Å². The number of rotatable bonds is 6. The Morgan fingerprint density at radius 1 is 0.276 bits per heavy atom. The number of hydrogen-bond donors (Lipinski definition) is 0. The van der Waals surface area contributed by atoms with Crippen LogP contribution >= 0.6 is 0 Å². The van der Waals surface area contributed by atoms with Gasteiger partial charge in [0.2, 0.25) is 0 Å². The molecular formula is C54H34N4. The highest BCUT2D eigenvalue weighted by atomic mass is 15.1. The zero-order valence-corrected chi connectivity index (χ0v) is 31.3. The fourth-order valence-corrected chi connectivity index (χ4v) is 9.80.